The molecule has 3 aromatic rings. The van der Waals surface area contributed by atoms with Crippen molar-refractivity contribution in [3.05, 3.63) is 76.9 Å². The molecule has 0 unspecified atom stereocenters. The minimum atomic E-state index is -0.275. The summed E-state index contributed by atoms with van der Waals surface area (Å²) in [6.07, 6.45) is 1.01. The van der Waals surface area contributed by atoms with E-state index in [1.54, 1.807) is 29.0 Å². The molecule has 0 amide bonds. The van der Waals surface area contributed by atoms with E-state index in [0.717, 1.165) is 23.2 Å². The van der Waals surface area contributed by atoms with Gasteiger partial charge in [-0.05, 0) is 34.9 Å². The fourth-order valence-corrected chi connectivity index (χ4v) is 5.24. The SMILES string of the molecule is Cn1c(CN2CCc3sccc3[C@@H]2c2cccs2)cc(=O)n(C)c1=O. The van der Waals surface area contributed by atoms with Crippen LogP contribution in [-0.2, 0) is 27.1 Å². The quantitative estimate of drug-likeness (QED) is 0.708. The molecule has 1 aliphatic rings. The highest BCUT2D eigenvalue weighted by molar-refractivity contribution is 7.10. The molecule has 1 aliphatic heterocycles. The Kier molecular flexibility index (Phi) is 4.23. The largest absolute Gasteiger partial charge is 0.330 e. The van der Waals surface area contributed by atoms with Crippen molar-refractivity contribution in [2.45, 2.75) is 19.0 Å². The second-order valence-electron chi connectivity index (χ2n) is 6.31. The molecule has 4 heterocycles. The summed E-state index contributed by atoms with van der Waals surface area (Å²) in [4.78, 5) is 29.4. The first-order valence-electron chi connectivity index (χ1n) is 8.16. The first kappa shape index (κ1) is 16.5. The van der Waals surface area contributed by atoms with Crippen LogP contribution in [0.1, 0.15) is 27.1 Å². The van der Waals surface area contributed by atoms with Crippen molar-refractivity contribution in [1.82, 2.24) is 14.0 Å². The molecule has 0 radical (unpaired) electrons. The van der Waals surface area contributed by atoms with Gasteiger partial charge in [-0.2, -0.15) is 0 Å². The summed E-state index contributed by atoms with van der Waals surface area (Å²) in [6.45, 7) is 1.50. The number of hydrogen-bond donors (Lipinski definition) is 0. The fourth-order valence-electron chi connectivity index (χ4n) is 3.46. The van der Waals surface area contributed by atoms with Gasteiger partial charge in [-0.3, -0.25) is 18.8 Å². The fraction of sp³-hybridized carbons (Fsp3) is 0.333. The van der Waals surface area contributed by atoms with E-state index >= 15 is 0 Å². The summed E-state index contributed by atoms with van der Waals surface area (Å²) in [5.74, 6) is 0. The maximum atomic E-state index is 12.2. The average Bonchev–Trinajstić information content (AvgIpc) is 3.29. The molecule has 0 fully saturated rings. The molecule has 0 spiro atoms. The van der Waals surface area contributed by atoms with Crippen LogP contribution < -0.4 is 11.2 Å². The van der Waals surface area contributed by atoms with E-state index < -0.39 is 0 Å². The van der Waals surface area contributed by atoms with Crippen LogP contribution in [-0.4, -0.2) is 20.6 Å². The molecule has 0 bridgehead atoms. The number of aromatic nitrogens is 2. The lowest BCUT2D eigenvalue weighted by Gasteiger charge is -2.35. The molecule has 3 aromatic heterocycles. The Labute approximate surface area is 153 Å². The lowest BCUT2D eigenvalue weighted by Crippen LogP contribution is -2.41. The van der Waals surface area contributed by atoms with Crippen LogP contribution in [0.2, 0.25) is 0 Å². The number of thiophene rings is 2. The maximum absolute atomic E-state index is 12.2. The third kappa shape index (κ3) is 2.82. The molecule has 0 saturated heterocycles. The van der Waals surface area contributed by atoms with Crippen molar-refractivity contribution in [2.75, 3.05) is 6.54 Å². The Morgan fingerprint density at radius 3 is 2.72 bits per heavy atom. The molecule has 1 atom stereocenters. The van der Waals surface area contributed by atoms with Gasteiger partial charge in [-0.1, -0.05) is 6.07 Å². The molecule has 0 saturated carbocycles. The number of rotatable bonds is 3. The van der Waals surface area contributed by atoms with E-state index in [9.17, 15) is 9.59 Å². The topological polar surface area (TPSA) is 47.2 Å². The number of hydrogen-bond acceptors (Lipinski definition) is 5. The highest BCUT2D eigenvalue weighted by Gasteiger charge is 2.30. The zero-order chi connectivity index (χ0) is 17.6. The second-order valence-corrected chi connectivity index (χ2v) is 8.29. The van der Waals surface area contributed by atoms with Gasteiger partial charge in [-0.25, -0.2) is 4.79 Å². The molecule has 0 N–H and O–H groups in total. The average molecular weight is 374 g/mol. The van der Waals surface area contributed by atoms with Crippen molar-refractivity contribution >= 4 is 22.7 Å². The molecule has 7 heteroatoms. The van der Waals surface area contributed by atoms with E-state index in [1.165, 1.54) is 22.4 Å². The van der Waals surface area contributed by atoms with Crippen LogP contribution in [0.15, 0.2) is 44.6 Å². The summed E-state index contributed by atoms with van der Waals surface area (Å²) < 4.78 is 2.73. The normalized spacial score (nSPS) is 17.6. The van der Waals surface area contributed by atoms with E-state index in [4.69, 9.17) is 0 Å². The maximum Gasteiger partial charge on any atom is 0.330 e. The molecule has 130 valence electrons. The van der Waals surface area contributed by atoms with Crippen LogP contribution in [0.25, 0.3) is 0 Å². The van der Waals surface area contributed by atoms with Gasteiger partial charge in [0.05, 0.1) is 6.04 Å². The van der Waals surface area contributed by atoms with Gasteiger partial charge in [0.2, 0.25) is 0 Å². The van der Waals surface area contributed by atoms with Crippen molar-refractivity contribution in [1.29, 1.82) is 0 Å². The molecular formula is C18H19N3O2S2. The van der Waals surface area contributed by atoms with Crippen molar-refractivity contribution in [3.63, 3.8) is 0 Å². The van der Waals surface area contributed by atoms with E-state index in [1.807, 2.05) is 11.3 Å². The minimum Gasteiger partial charge on any atom is -0.299 e. The van der Waals surface area contributed by atoms with Gasteiger partial charge >= 0.3 is 5.69 Å². The Morgan fingerprint density at radius 1 is 1.12 bits per heavy atom. The molecule has 0 aliphatic carbocycles. The predicted molar refractivity (Wildman–Crippen MR) is 102 cm³/mol. The number of fused-ring (bicyclic) bond motifs is 1. The third-order valence-corrected chi connectivity index (χ3v) is 6.79. The standard InChI is InChI=1S/C18H19N3O2S2/c1-19-12(10-16(22)20(2)18(19)23)11-21-7-5-14-13(6-9-25-14)17(21)15-4-3-8-24-15/h3-4,6,8-10,17H,5,7,11H2,1-2H3/t17-/m1/s1. The Bertz CT molecular complexity index is 1010. The van der Waals surface area contributed by atoms with Crippen molar-refractivity contribution in [2.24, 2.45) is 14.1 Å². The zero-order valence-electron chi connectivity index (χ0n) is 14.1. The van der Waals surface area contributed by atoms with Gasteiger partial charge in [0, 0.05) is 48.7 Å². The number of nitrogens with zero attached hydrogens (tertiary/aromatic N) is 3. The highest BCUT2D eigenvalue weighted by Crippen LogP contribution is 2.39. The summed E-state index contributed by atoms with van der Waals surface area (Å²) in [7, 11) is 3.25. The first-order valence-corrected chi connectivity index (χ1v) is 9.92. The molecule has 4 rings (SSSR count). The van der Waals surface area contributed by atoms with Gasteiger partial charge in [0.15, 0.2) is 0 Å². The van der Waals surface area contributed by atoms with Crippen LogP contribution in [0.3, 0.4) is 0 Å². The van der Waals surface area contributed by atoms with Crippen LogP contribution in [0.5, 0.6) is 0 Å². The van der Waals surface area contributed by atoms with E-state index in [0.29, 0.717) is 6.54 Å². The van der Waals surface area contributed by atoms with Crippen molar-refractivity contribution < 1.29 is 0 Å². The second kappa shape index (κ2) is 6.40. The zero-order valence-corrected chi connectivity index (χ0v) is 15.8. The molecular weight excluding hydrogens is 354 g/mol. The lowest BCUT2D eigenvalue weighted by atomic mass is 9.98. The Morgan fingerprint density at radius 2 is 1.96 bits per heavy atom. The van der Waals surface area contributed by atoms with Gasteiger partial charge in [-0.15, -0.1) is 22.7 Å². The van der Waals surface area contributed by atoms with E-state index in [-0.39, 0.29) is 17.3 Å². The van der Waals surface area contributed by atoms with Gasteiger partial charge in [0.25, 0.3) is 5.56 Å². The first-order chi connectivity index (χ1) is 12.1. The van der Waals surface area contributed by atoms with Crippen LogP contribution in [0.4, 0.5) is 0 Å². The van der Waals surface area contributed by atoms with E-state index in [2.05, 4.69) is 33.9 Å². The highest BCUT2D eigenvalue weighted by atomic mass is 32.1. The van der Waals surface area contributed by atoms with Crippen molar-refractivity contribution in [3.8, 4) is 0 Å². The minimum absolute atomic E-state index is 0.189. The summed E-state index contributed by atoms with van der Waals surface area (Å²) >= 11 is 3.57. The summed E-state index contributed by atoms with van der Waals surface area (Å²) in [5, 5.41) is 4.25. The molecule has 5 nitrogen and oxygen atoms in total. The predicted octanol–water partition coefficient (Wildman–Crippen LogP) is 2.35. The Hall–Kier alpha value is -1.96. The monoisotopic (exact) mass is 373 g/mol. The molecule has 0 aromatic carbocycles. The smallest absolute Gasteiger partial charge is 0.299 e. The molecule has 25 heavy (non-hydrogen) atoms. The third-order valence-electron chi connectivity index (χ3n) is 4.87. The summed E-state index contributed by atoms with van der Waals surface area (Å²) in [5.41, 5.74) is 1.59. The Balaban J connectivity index is 1.76. The van der Waals surface area contributed by atoms with Gasteiger partial charge < -0.3 is 0 Å². The summed E-state index contributed by atoms with van der Waals surface area (Å²) in [6, 6.07) is 8.22. The van der Waals surface area contributed by atoms with Crippen LogP contribution in [0, 0.1) is 0 Å². The lowest BCUT2D eigenvalue weighted by molar-refractivity contribution is 0.203. The van der Waals surface area contributed by atoms with Gasteiger partial charge in [0.1, 0.15) is 0 Å². The van der Waals surface area contributed by atoms with Crippen LogP contribution >= 0.6 is 22.7 Å².